The van der Waals surface area contributed by atoms with Crippen LogP contribution < -0.4 is 4.74 Å². The fourth-order valence-corrected chi connectivity index (χ4v) is 1.07. The number of ether oxygens (including phenoxy) is 1. The molecule has 0 aliphatic rings. The van der Waals surface area contributed by atoms with E-state index in [0.717, 1.165) is 17.4 Å². The molecule has 0 fully saturated rings. The maximum atomic E-state index is 10.3. The average molecular weight is 216 g/mol. The van der Waals surface area contributed by atoms with E-state index in [4.69, 9.17) is 16.3 Å². The third-order valence-corrected chi connectivity index (χ3v) is 1.81. The summed E-state index contributed by atoms with van der Waals surface area (Å²) >= 11 is 0. The lowest BCUT2D eigenvalue weighted by Gasteiger charge is -2.03. The normalized spacial score (nSPS) is 9.94. The van der Waals surface area contributed by atoms with Crippen LogP contribution in [0.15, 0.2) is 30.3 Å². The number of terminal acetylenes is 1. The smallest absolute Gasteiger partial charge is 0.328 e. The molecule has 3 nitrogen and oxygen atoms in total. The van der Waals surface area contributed by atoms with E-state index in [-0.39, 0.29) is 0 Å². The van der Waals surface area contributed by atoms with Crippen LogP contribution in [0.5, 0.6) is 5.75 Å². The third-order valence-electron chi connectivity index (χ3n) is 1.81. The van der Waals surface area contributed by atoms with Crippen molar-refractivity contribution < 1.29 is 14.6 Å². The van der Waals surface area contributed by atoms with Crippen molar-refractivity contribution in [3.8, 4) is 18.1 Å². The van der Waals surface area contributed by atoms with Gasteiger partial charge in [-0.25, -0.2) is 4.79 Å². The van der Waals surface area contributed by atoms with Gasteiger partial charge in [-0.1, -0.05) is 12.1 Å². The summed E-state index contributed by atoms with van der Waals surface area (Å²) < 4.78 is 5.34. The molecule has 0 aliphatic carbocycles. The number of hydrogen-bond acceptors (Lipinski definition) is 2. The summed E-state index contributed by atoms with van der Waals surface area (Å²) in [6, 6.07) is 7.12. The van der Waals surface area contributed by atoms with Crippen molar-refractivity contribution in [1.29, 1.82) is 0 Å². The molecule has 1 aromatic carbocycles. The molecule has 1 rings (SSSR count). The first-order chi connectivity index (χ1) is 7.72. The highest BCUT2D eigenvalue weighted by Crippen LogP contribution is 2.13. The van der Waals surface area contributed by atoms with E-state index in [1.807, 2.05) is 0 Å². The van der Waals surface area contributed by atoms with Crippen molar-refractivity contribution in [3.05, 3.63) is 35.9 Å². The number of aliphatic carboxylic acids is 1. The lowest BCUT2D eigenvalue weighted by Crippen LogP contribution is -1.95. The minimum Gasteiger partial charge on any atom is -0.493 e. The predicted octanol–water partition coefficient (Wildman–Crippen LogP) is 2.19. The average Bonchev–Trinajstić information content (AvgIpc) is 2.28. The van der Waals surface area contributed by atoms with Gasteiger partial charge in [0.2, 0.25) is 0 Å². The van der Waals surface area contributed by atoms with Crippen LogP contribution in [0, 0.1) is 12.3 Å². The number of hydrogen-bond donors (Lipinski definition) is 1. The zero-order chi connectivity index (χ0) is 11.8. The molecule has 16 heavy (non-hydrogen) atoms. The number of rotatable bonds is 5. The summed E-state index contributed by atoms with van der Waals surface area (Å²) in [6.45, 7) is 0.487. The third kappa shape index (κ3) is 4.34. The van der Waals surface area contributed by atoms with Crippen molar-refractivity contribution >= 4 is 12.0 Å². The number of carboxylic acids is 1. The van der Waals surface area contributed by atoms with E-state index in [2.05, 4.69) is 5.92 Å². The van der Waals surface area contributed by atoms with Gasteiger partial charge in [-0.3, -0.25) is 0 Å². The van der Waals surface area contributed by atoms with Crippen LogP contribution in [0.2, 0.25) is 0 Å². The highest BCUT2D eigenvalue weighted by atomic mass is 16.5. The van der Waals surface area contributed by atoms with Gasteiger partial charge >= 0.3 is 5.97 Å². The van der Waals surface area contributed by atoms with Crippen LogP contribution in [-0.2, 0) is 4.79 Å². The van der Waals surface area contributed by atoms with E-state index in [1.165, 1.54) is 6.08 Å². The largest absolute Gasteiger partial charge is 0.493 e. The molecular weight excluding hydrogens is 204 g/mol. The second-order valence-electron chi connectivity index (χ2n) is 3.04. The molecule has 0 amide bonds. The summed E-state index contributed by atoms with van der Waals surface area (Å²) in [4.78, 5) is 10.3. The van der Waals surface area contributed by atoms with Crippen molar-refractivity contribution in [1.82, 2.24) is 0 Å². The Morgan fingerprint density at radius 2 is 2.12 bits per heavy atom. The monoisotopic (exact) mass is 216 g/mol. The lowest BCUT2D eigenvalue weighted by molar-refractivity contribution is -0.131. The Kier molecular flexibility index (Phi) is 4.68. The Morgan fingerprint density at radius 1 is 1.44 bits per heavy atom. The summed E-state index contributed by atoms with van der Waals surface area (Å²) in [7, 11) is 0. The number of carboxylic acid groups (broad SMARTS) is 1. The molecule has 82 valence electrons. The maximum absolute atomic E-state index is 10.3. The number of benzene rings is 1. The van der Waals surface area contributed by atoms with Crippen LogP contribution in [0.3, 0.4) is 0 Å². The fourth-order valence-electron chi connectivity index (χ4n) is 1.07. The minimum atomic E-state index is -0.964. The van der Waals surface area contributed by atoms with E-state index < -0.39 is 5.97 Å². The predicted molar refractivity (Wildman–Crippen MR) is 62.1 cm³/mol. The molecule has 0 heterocycles. The van der Waals surface area contributed by atoms with Gasteiger partial charge in [0, 0.05) is 12.5 Å². The first-order valence-electron chi connectivity index (χ1n) is 4.79. The summed E-state index contributed by atoms with van der Waals surface area (Å²) in [5.41, 5.74) is 0.812. The fraction of sp³-hybridized carbons (Fsp3) is 0.154. The van der Waals surface area contributed by atoms with Gasteiger partial charge in [0.25, 0.3) is 0 Å². The highest BCUT2D eigenvalue weighted by Gasteiger charge is 1.93. The second-order valence-corrected chi connectivity index (χ2v) is 3.04. The van der Waals surface area contributed by atoms with Crippen LogP contribution in [0.4, 0.5) is 0 Å². The summed E-state index contributed by atoms with van der Waals surface area (Å²) in [5, 5.41) is 8.44. The van der Waals surface area contributed by atoms with Gasteiger partial charge in [0.15, 0.2) is 0 Å². The Labute approximate surface area is 94.4 Å². The van der Waals surface area contributed by atoms with E-state index >= 15 is 0 Å². The molecular formula is C13H12O3. The lowest BCUT2D eigenvalue weighted by atomic mass is 10.2. The standard InChI is InChI=1S/C13H12O3/c1-2-3-10-16-12-7-4-11(5-8-12)6-9-13(14)15/h1,4-9H,3,10H2,(H,14,15)/b9-6+. The van der Waals surface area contributed by atoms with Crippen LogP contribution in [-0.4, -0.2) is 17.7 Å². The van der Waals surface area contributed by atoms with Gasteiger partial charge in [0.05, 0.1) is 6.61 Å². The minimum absolute atomic E-state index is 0.487. The zero-order valence-corrected chi connectivity index (χ0v) is 8.72. The molecule has 1 aromatic rings. The molecule has 0 bridgehead atoms. The maximum Gasteiger partial charge on any atom is 0.328 e. The SMILES string of the molecule is C#CCCOc1ccc(/C=C/C(=O)O)cc1. The van der Waals surface area contributed by atoms with Crippen LogP contribution in [0.25, 0.3) is 6.08 Å². The number of carbonyl (C=O) groups is 1. The molecule has 0 aliphatic heterocycles. The highest BCUT2D eigenvalue weighted by molar-refractivity contribution is 5.85. The van der Waals surface area contributed by atoms with Gasteiger partial charge < -0.3 is 9.84 Å². The van der Waals surface area contributed by atoms with Gasteiger partial charge in [-0.05, 0) is 23.8 Å². The topological polar surface area (TPSA) is 46.5 Å². The molecule has 3 heteroatoms. The van der Waals surface area contributed by atoms with Gasteiger partial charge in [-0.2, -0.15) is 0 Å². The molecule has 1 N–H and O–H groups in total. The summed E-state index contributed by atoms with van der Waals surface area (Å²) in [6.07, 6.45) is 8.27. The van der Waals surface area contributed by atoms with Crippen molar-refractivity contribution in [2.24, 2.45) is 0 Å². The van der Waals surface area contributed by atoms with E-state index in [1.54, 1.807) is 24.3 Å². The molecule has 0 spiro atoms. The summed E-state index contributed by atoms with van der Waals surface area (Å²) in [5.74, 6) is 2.24. The van der Waals surface area contributed by atoms with Crippen molar-refractivity contribution in [2.75, 3.05) is 6.61 Å². The molecule has 0 unspecified atom stereocenters. The van der Waals surface area contributed by atoms with E-state index in [9.17, 15) is 4.79 Å². The second kappa shape index (κ2) is 6.31. The van der Waals surface area contributed by atoms with Crippen LogP contribution in [0.1, 0.15) is 12.0 Å². The quantitative estimate of drug-likeness (QED) is 0.466. The van der Waals surface area contributed by atoms with Crippen molar-refractivity contribution in [3.63, 3.8) is 0 Å². The van der Waals surface area contributed by atoms with Gasteiger partial charge in [0.1, 0.15) is 5.75 Å². The zero-order valence-electron chi connectivity index (χ0n) is 8.72. The Bertz CT molecular complexity index is 410. The molecule has 0 aromatic heterocycles. The van der Waals surface area contributed by atoms with Crippen LogP contribution >= 0.6 is 0 Å². The first kappa shape index (κ1) is 11.9. The van der Waals surface area contributed by atoms with Crippen molar-refractivity contribution in [2.45, 2.75) is 6.42 Å². The van der Waals surface area contributed by atoms with E-state index in [0.29, 0.717) is 13.0 Å². The Morgan fingerprint density at radius 3 is 2.69 bits per heavy atom. The Hall–Kier alpha value is -2.21. The first-order valence-corrected chi connectivity index (χ1v) is 4.79. The van der Waals surface area contributed by atoms with Gasteiger partial charge in [-0.15, -0.1) is 12.3 Å². The molecule has 0 radical (unpaired) electrons. The molecule has 0 saturated carbocycles. The Balaban J connectivity index is 2.54. The molecule has 0 atom stereocenters. The molecule has 0 saturated heterocycles.